The lowest BCUT2D eigenvalue weighted by molar-refractivity contribution is -0.118. The fourth-order valence-electron chi connectivity index (χ4n) is 1.79. The Hall–Kier alpha value is -2.08. The lowest BCUT2D eigenvalue weighted by atomic mass is 10.1. The Kier molecular flexibility index (Phi) is 7.25. The number of rotatable bonds is 9. The molecule has 1 aromatic rings. The molecule has 6 nitrogen and oxygen atoms in total. The molecule has 0 aliphatic carbocycles. The molecular weight excluding hydrogens is 272 g/mol. The van der Waals surface area contributed by atoms with Gasteiger partial charge in [0.05, 0.1) is 20.8 Å². The van der Waals surface area contributed by atoms with Gasteiger partial charge in [-0.05, 0) is 31.2 Å². The number of nitrogens with one attached hydrogen (secondary N) is 2. The standard InChI is InChI=1S/C15H22N2O4/c1-11(18)17-8-4-7-16-10-13(19)12-5-6-14(20-2)15(9-12)21-3/h5-6,9,16H,4,7-8,10H2,1-3H3,(H,17,18). The van der Waals surface area contributed by atoms with Gasteiger partial charge >= 0.3 is 0 Å². The van der Waals surface area contributed by atoms with Crippen LogP contribution in [0.4, 0.5) is 0 Å². The maximum Gasteiger partial charge on any atom is 0.216 e. The number of Topliss-reactive ketones (excluding diaryl/α,β-unsaturated/α-hetero) is 1. The molecule has 0 aliphatic rings. The summed E-state index contributed by atoms with van der Waals surface area (Å²) in [4.78, 5) is 22.7. The van der Waals surface area contributed by atoms with E-state index < -0.39 is 0 Å². The van der Waals surface area contributed by atoms with Crippen molar-refractivity contribution in [2.24, 2.45) is 0 Å². The molecule has 0 fully saturated rings. The molecule has 1 rings (SSSR count). The molecule has 0 atom stereocenters. The van der Waals surface area contributed by atoms with Gasteiger partial charge in [0.1, 0.15) is 0 Å². The Morgan fingerprint density at radius 2 is 1.81 bits per heavy atom. The maximum atomic E-state index is 12.0. The first kappa shape index (κ1) is 17.0. The molecule has 0 radical (unpaired) electrons. The van der Waals surface area contributed by atoms with Crippen molar-refractivity contribution in [1.29, 1.82) is 0 Å². The fourth-order valence-corrected chi connectivity index (χ4v) is 1.79. The van der Waals surface area contributed by atoms with Gasteiger partial charge in [-0.3, -0.25) is 9.59 Å². The molecule has 6 heteroatoms. The molecule has 21 heavy (non-hydrogen) atoms. The average Bonchev–Trinajstić information content (AvgIpc) is 2.49. The van der Waals surface area contributed by atoms with Crippen LogP contribution in [-0.4, -0.2) is 45.5 Å². The molecule has 0 saturated heterocycles. The van der Waals surface area contributed by atoms with Crippen LogP contribution in [-0.2, 0) is 4.79 Å². The van der Waals surface area contributed by atoms with Crippen LogP contribution in [0.15, 0.2) is 18.2 Å². The van der Waals surface area contributed by atoms with E-state index in [2.05, 4.69) is 10.6 Å². The van der Waals surface area contributed by atoms with Crippen LogP contribution in [0, 0.1) is 0 Å². The van der Waals surface area contributed by atoms with Crippen molar-refractivity contribution >= 4 is 11.7 Å². The number of methoxy groups -OCH3 is 2. The summed E-state index contributed by atoms with van der Waals surface area (Å²) in [6.45, 7) is 3.00. The summed E-state index contributed by atoms with van der Waals surface area (Å²) in [5, 5.41) is 5.75. The average molecular weight is 294 g/mol. The van der Waals surface area contributed by atoms with Crippen LogP contribution >= 0.6 is 0 Å². The largest absolute Gasteiger partial charge is 0.493 e. The third kappa shape index (κ3) is 5.83. The van der Waals surface area contributed by atoms with Gasteiger partial charge in [0.15, 0.2) is 17.3 Å². The van der Waals surface area contributed by atoms with Crippen molar-refractivity contribution in [2.75, 3.05) is 33.9 Å². The Labute approximate surface area is 124 Å². The summed E-state index contributed by atoms with van der Waals surface area (Å²) >= 11 is 0. The lowest BCUT2D eigenvalue weighted by Gasteiger charge is -2.09. The normalized spacial score (nSPS) is 10.0. The molecule has 0 aromatic heterocycles. The molecule has 2 N–H and O–H groups in total. The third-order valence-corrected chi connectivity index (χ3v) is 2.90. The maximum absolute atomic E-state index is 12.0. The van der Waals surface area contributed by atoms with Gasteiger partial charge in [0, 0.05) is 19.0 Å². The van der Waals surface area contributed by atoms with Crippen molar-refractivity contribution in [1.82, 2.24) is 10.6 Å². The highest BCUT2D eigenvalue weighted by molar-refractivity contribution is 5.98. The Morgan fingerprint density at radius 3 is 2.43 bits per heavy atom. The molecule has 0 unspecified atom stereocenters. The molecule has 0 heterocycles. The number of carbonyl (C=O) groups excluding carboxylic acids is 2. The molecule has 1 aromatic carbocycles. The quantitative estimate of drug-likeness (QED) is 0.525. The minimum absolute atomic E-state index is 0.0181. The Morgan fingerprint density at radius 1 is 1.10 bits per heavy atom. The van der Waals surface area contributed by atoms with E-state index in [-0.39, 0.29) is 18.2 Å². The van der Waals surface area contributed by atoms with Crippen LogP contribution in [0.3, 0.4) is 0 Å². The van der Waals surface area contributed by atoms with E-state index in [0.29, 0.717) is 30.2 Å². The molecule has 1 amide bonds. The van der Waals surface area contributed by atoms with Crippen molar-refractivity contribution in [2.45, 2.75) is 13.3 Å². The van der Waals surface area contributed by atoms with Crippen LogP contribution in [0.1, 0.15) is 23.7 Å². The van der Waals surface area contributed by atoms with Gasteiger partial charge in [-0.25, -0.2) is 0 Å². The summed E-state index contributed by atoms with van der Waals surface area (Å²) in [6, 6.07) is 5.09. The van der Waals surface area contributed by atoms with Gasteiger partial charge in [-0.1, -0.05) is 0 Å². The van der Waals surface area contributed by atoms with Gasteiger partial charge in [-0.15, -0.1) is 0 Å². The van der Waals surface area contributed by atoms with E-state index >= 15 is 0 Å². The van der Waals surface area contributed by atoms with Crippen LogP contribution in [0.2, 0.25) is 0 Å². The zero-order chi connectivity index (χ0) is 15.7. The van der Waals surface area contributed by atoms with Crippen molar-refractivity contribution in [3.63, 3.8) is 0 Å². The van der Waals surface area contributed by atoms with Gasteiger partial charge in [-0.2, -0.15) is 0 Å². The lowest BCUT2D eigenvalue weighted by Crippen LogP contribution is -2.28. The zero-order valence-corrected chi connectivity index (χ0v) is 12.7. The highest BCUT2D eigenvalue weighted by Gasteiger charge is 2.10. The van der Waals surface area contributed by atoms with Crippen LogP contribution < -0.4 is 20.1 Å². The van der Waals surface area contributed by atoms with Crippen LogP contribution in [0.25, 0.3) is 0 Å². The predicted molar refractivity (Wildman–Crippen MR) is 80.0 cm³/mol. The summed E-state index contributed by atoms with van der Waals surface area (Å²) in [5.41, 5.74) is 0.571. The van der Waals surface area contributed by atoms with E-state index in [1.165, 1.54) is 14.0 Å². The molecule has 0 saturated carbocycles. The second-order valence-electron chi connectivity index (χ2n) is 4.51. The number of carbonyl (C=O) groups is 2. The second-order valence-corrected chi connectivity index (χ2v) is 4.51. The number of benzene rings is 1. The first-order valence-electron chi connectivity index (χ1n) is 6.79. The Bertz CT molecular complexity index is 489. The Balaban J connectivity index is 2.40. The summed E-state index contributed by atoms with van der Waals surface area (Å²) in [7, 11) is 3.09. The van der Waals surface area contributed by atoms with E-state index in [1.807, 2.05) is 0 Å². The minimum atomic E-state index is -0.0450. The summed E-state index contributed by atoms with van der Waals surface area (Å²) in [5.74, 6) is 1.07. The molecule has 0 aliphatic heterocycles. The smallest absolute Gasteiger partial charge is 0.216 e. The zero-order valence-electron chi connectivity index (χ0n) is 12.7. The number of ketones is 1. The summed E-state index contributed by atoms with van der Waals surface area (Å²) in [6.07, 6.45) is 0.777. The van der Waals surface area contributed by atoms with E-state index in [4.69, 9.17) is 9.47 Å². The summed E-state index contributed by atoms with van der Waals surface area (Å²) < 4.78 is 10.3. The van der Waals surface area contributed by atoms with Crippen LogP contribution in [0.5, 0.6) is 11.5 Å². The fraction of sp³-hybridized carbons (Fsp3) is 0.467. The molecule has 0 bridgehead atoms. The number of hydrogen-bond acceptors (Lipinski definition) is 5. The predicted octanol–water partition coefficient (Wildman–Crippen LogP) is 1.00. The highest BCUT2D eigenvalue weighted by Crippen LogP contribution is 2.27. The molecule has 0 spiro atoms. The SMILES string of the molecule is COc1ccc(C(=O)CNCCCNC(C)=O)cc1OC. The van der Waals surface area contributed by atoms with E-state index in [0.717, 1.165) is 6.42 Å². The van der Waals surface area contributed by atoms with Gasteiger partial charge in [0.25, 0.3) is 0 Å². The highest BCUT2D eigenvalue weighted by atomic mass is 16.5. The third-order valence-electron chi connectivity index (χ3n) is 2.90. The van der Waals surface area contributed by atoms with Gasteiger partial charge < -0.3 is 20.1 Å². The molecule has 116 valence electrons. The van der Waals surface area contributed by atoms with E-state index in [1.54, 1.807) is 25.3 Å². The second kappa shape index (κ2) is 8.97. The number of hydrogen-bond donors (Lipinski definition) is 2. The monoisotopic (exact) mass is 294 g/mol. The molecular formula is C15H22N2O4. The van der Waals surface area contributed by atoms with Crippen molar-refractivity contribution < 1.29 is 19.1 Å². The van der Waals surface area contributed by atoms with Gasteiger partial charge in [0.2, 0.25) is 5.91 Å². The first-order chi connectivity index (χ1) is 10.1. The number of amides is 1. The minimum Gasteiger partial charge on any atom is -0.493 e. The van der Waals surface area contributed by atoms with Crippen molar-refractivity contribution in [3.05, 3.63) is 23.8 Å². The van der Waals surface area contributed by atoms with Crippen molar-refractivity contribution in [3.8, 4) is 11.5 Å². The van der Waals surface area contributed by atoms with E-state index in [9.17, 15) is 9.59 Å². The topological polar surface area (TPSA) is 76.7 Å². The first-order valence-corrected chi connectivity index (χ1v) is 6.79. The number of ether oxygens (including phenoxy) is 2.